The molecule has 10 aromatic rings. The van der Waals surface area contributed by atoms with Gasteiger partial charge in [-0.05, 0) is 70.8 Å². The quantitative estimate of drug-likeness (QED) is 0.144. The molecule has 0 aliphatic carbocycles. The van der Waals surface area contributed by atoms with Crippen molar-refractivity contribution in [2.24, 2.45) is 0 Å². The molecular formula is C53H35N7. The van der Waals surface area contributed by atoms with E-state index in [1.807, 2.05) is 79.4 Å². The van der Waals surface area contributed by atoms with E-state index in [9.17, 15) is 0 Å². The summed E-state index contributed by atoms with van der Waals surface area (Å²) < 4.78 is 0. The van der Waals surface area contributed by atoms with Gasteiger partial charge in [0.25, 0.3) is 0 Å². The van der Waals surface area contributed by atoms with Crippen LogP contribution in [-0.2, 0) is 0 Å². The van der Waals surface area contributed by atoms with E-state index in [1.165, 1.54) is 0 Å². The third kappa shape index (κ3) is 7.71. The molecule has 0 bridgehead atoms. The Bertz CT molecular complexity index is 2880. The summed E-state index contributed by atoms with van der Waals surface area (Å²) in [5.41, 5.74) is 14.9. The molecule has 7 heteroatoms. The molecular weight excluding hydrogens is 735 g/mol. The van der Waals surface area contributed by atoms with Crippen LogP contribution < -0.4 is 0 Å². The van der Waals surface area contributed by atoms with Gasteiger partial charge in [-0.25, -0.2) is 15.0 Å². The van der Waals surface area contributed by atoms with Crippen molar-refractivity contribution in [3.8, 4) is 101 Å². The first-order valence-electron chi connectivity index (χ1n) is 19.7. The normalized spacial score (nSPS) is 11.0. The van der Waals surface area contributed by atoms with Crippen molar-refractivity contribution in [2.75, 3.05) is 0 Å². The van der Waals surface area contributed by atoms with E-state index in [1.54, 1.807) is 12.4 Å². The topological polar surface area (TPSA) is 90.2 Å². The SMILES string of the molecule is c1ccc(-c2nc(-c3cccc(-c4cccc(-c5ccc(-c6cccnc6)cn5)c4)c3)nc(-c3cccc(-c4cccc(-c5ccc(-c6cccnc6)cn5)c4)c3)n2)cc1. The predicted molar refractivity (Wildman–Crippen MR) is 240 cm³/mol. The molecule has 0 saturated carbocycles. The van der Waals surface area contributed by atoms with E-state index >= 15 is 0 Å². The molecule has 60 heavy (non-hydrogen) atoms. The fourth-order valence-corrected chi connectivity index (χ4v) is 7.28. The lowest BCUT2D eigenvalue weighted by molar-refractivity contribution is 1.07. The van der Waals surface area contributed by atoms with Crippen LogP contribution in [0.15, 0.2) is 213 Å². The highest BCUT2D eigenvalue weighted by Crippen LogP contribution is 2.33. The van der Waals surface area contributed by atoms with E-state index < -0.39 is 0 Å². The summed E-state index contributed by atoms with van der Waals surface area (Å²) in [5.74, 6) is 1.80. The zero-order valence-corrected chi connectivity index (χ0v) is 32.3. The minimum atomic E-state index is 0.595. The fourth-order valence-electron chi connectivity index (χ4n) is 7.28. The Balaban J connectivity index is 0.973. The largest absolute Gasteiger partial charge is 0.264 e. The molecule has 5 heterocycles. The molecule has 0 fully saturated rings. The monoisotopic (exact) mass is 769 g/mol. The summed E-state index contributed by atoms with van der Waals surface area (Å²) in [6, 6.07) is 59.9. The Labute approximate surface area is 347 Å². The second-order valence-corrected chi connectivity index (χ2v) is 14.3. The maximum Gasteiger partial charge on any atom is 0.164 e. The summed E-state index contributed by atoms with van der Waals surface area (Å²) in [7, 11) is 0. The molecule has 0 unspecified atom stereocenters. The Morgan fingerprint density at radius 3 is 0.983 bits per heavy atom. The van der Waals surface area contributed by atoms with Crippen LogP contribution in [0.1, 0.15) is 0 Å². The molecule has 0 N–H and O–H groups in total. The van der Waals surface area contributed by atoms with E-state index in [4.69, 9.17) is 24.9 Å². The number of benzene rings is 5. The van der Waals surface area contributed by atoms with Gasteiger partial charge >= 0.3 is 0 Å². The summed E-state index contributed by atoms with van der Waals surface area (Å²) in [6.45, 7) is 0. The van der Waals surface area contributed by atoms with Crippen LogP contribution >= 0.6 is 0 Å². The third-order valence-electron chi connectivity index (χ3n) is 10.4. The number of nitrogens with zero attached hydrogens (tertiary/aromatic N) is 7. The summed E-state index contributed by atoms with van der Waals surface area (Å²) in [5, 5.41) is 0. The highest BCUT2D eigenvalue weighted by atomic mass is 15.0. The van der Waals surface area contributed by atoms with E-state index in [2.05, 4.69) is 131 Å². The van der Waals surface area contributed by atoms with E-state index in [0.29, 0.717) is 17.5 Å². The van der Waals surface area contributed by atoms with Crippen molar-refractivity contribution in [3.63, 3.8) is 0 Å². The van der Waals surface area contributed by atoms with Crippen LogP contribution in [0, 0.1) is 0 Å². The second kappa shape index (κ2) is 16.3. The zero-order chi connectivity index (χ0) is 40.1. The van der Waals surface area contributed by atoms with Crippen molar-refractivity contribution < 1.29 is 0 Å². The van der Waals surface area contributed by atoms with Gasteiger partial charge in [0.1, 0.15) is 0 Å². The number of hydrogen-bond acceptors (Lipinski definition) is 7. The first-order valence-corrected chi connectivity index (χ1v) is 19.7. The predicted octanol–water partition coefficient (Wildman–Crippen LogP) is 12.5. The Kier molecular flexibility index (Phi) is 9.79. The summed E-state index contributed by atoms with van der Waals surface area (Å²) >= 11 is 0. The van der Waals surface area contributed by atoms with Crippen LogP contribution in [0.3, 0.4) is 0 Å². The van der Waals surface area contributed by atoms with Crippen molar-refractivity contribution in [1.82, 2.24) is 34.9 Å². The standard InChI is InChI=1S/C53H35N7/c1-2-10-36(11-3-1)51-58-52(43-18-6-14-39(30-43)37-12-4-16-41(28-37)49-24-22-47(34-56-49)45-20-8-26-54-32-45)60-53(59-51)44-19-7-15-40(31-44)38-13-5-17-42(29-38)50-25-23-48(35-57-50)46-21-9-27-55-33-46/h1-35H. The van der Waals surface area contributed by atoms with Crippen LogP contribution in [0.4, 0.5) is 0 Å². The number of pyridine rings is 4. The van der Waals surface area contributed by atoms with Gasteiger partial charge in [-0.2, -0.15) is 0 Å². The van der Waals surface area contributed by atoms with Gasteiger partial charge in [0.2, 0.25) is 0 Å². The van der Waals surface area contributed by atoms with Crippen molar-refractivity contribution in [3.05, 3.63) is 213 Å². The van der Waals surface area contributed by atoms with Gasteiger partial charge in [0.05, 0.1) is 11.4 Å². The number of hydrogen-bond donors (Lipinski definition) is 0. The molecule has 0 atom stereocenters. The lowest BCUT2D eigenvalue weighted by atomic mass is 9.99. The number of rotatable bonds is 9. The second-order valence-electron chi connectivity index (χ2n) is 14.3. The Hall–Kier alpha value is -8.29. The van der Waals surface area contributed by atoms with Crippen molar-refractivity contribution in [1.29, 1.82) is 0 Å². The smallest absolute Gasteiger partial charge is 0.164 e. The minimum Gasteiger partial charge on any atom is -0.264 e. The van der Waals surface area contributed by atoms with Crippen LogP contribution in [0.5, 0.6) is 0 Å². The summed E-state index contributed by atoms with van der Waals surface area (Å²) in [6.07, 6.45) is 11.1. The van der Waals surface area contributed by atoms with Crippen LogP contribution in [0.25, 0.3) is 101 Å². The van der Waals surface area contributed by atoms with Crippen LogP contribution in [-0.4, -0.2) is 34.9 Å². The zero-order valence-electron chi connectivity index (χ0n) is 32.3. The average Bonchev–Trinajstić information content (AvgIpc) is 3.35. The Morgan fingerprint density at radius 2 is 0.583 bits per heavy atom. The number of aromatic nitrogens is 7. The third-order valence-corrected chi connectivity index (χ3v) is 10.4. The molecule has 0 amide bonds. The first-order chi connectivity index (χ1) is 29.7. The van der Waals surface area contributed by atoms with Gasteiger partial charge in [0, 0.05) is 87.3 Å². The van der Waals surface area contributed by atoms with E-state index in [0.717, 1.165) is 83.7 Å². The molecule has 0 aliphatic heterocycles. The lowest BCUT2D eigenvalue weighted by Crippen LogP contribution is -2.00. The first kappa shape index (κ1) is 36.1. The lowest BCUT2D eigenvalue weighted by Gasteiger charge is -2.11. The van der Waals surface area contributed by atoms with E-state index in [-0.39, 0.29) is 0 Å². The van der Waals surface area contributed by atoms with Crippen molar-refractivity contribution >= 4 is 0 Å². The molecule has 7 nitrogen and oxygen atoms in total. The van der Waals surface area contributed by atoms with Gasteiger partial charge in [-0.15, -0.1) is 0 Å². The molecule has 5 aromatic carbocycles. The Morgan fingerprint density at radius 1 is 0.233 bits per heavy atom. The minimum absolute atomic E-state index is 0.595. The van der Waals surface area contributed by atoms with Crippen molar-refractivity contribution in [2.45, 2.75) is 0 Å². The molecule has 0 aliphatic rings. The molecule has 10 rings (SSSR count). The highest BCUT2D eigenvalue weighted by molar-refractivity contribution is 5.78. The molecule has 5 aromatic heterocycles. The highest BCUT2D eigenvalue weighted by Gasteiger charge is 2.15. The van der Waals surface area contributed by atoms with Crippen LogP contribution in [0.2, 0.25) is 0 Å². The van der Waals surface area contributed by atoms with Gasteiger partial charge in [-0.3, -0.25) is 19.9 Å². The molecule has 0 saturated heterocycles. The molecule has 0 spiro atoms. The van der Waals surface area contributed by atoms with Gasteiger partial charge < -0.3 is 0 Å². The fraction of sp³-hybridized carbons (Fsp3) is 0. The van der Waals surface area contributed by atoms with Gasteiger partial charge in [0.15, 0.2) is 17.5 Å². The average molecular weight is 770 g/mol. The van der Waals surface area contributed by atoms with Gasteiger partial charge in [-0.1, -0.05) is 127 Å². The maximum absolute atomic E-state index is 5.11. The summed E-state index contributed by atoms with van der Waals surface area (Å²) in [4.78, 5) is 33.3. The maximum atomic E-state index is 5.11. The molecule has 282 valence electrons. The molecule has 0 radical (unpaired) electrons.